The second-order valence-corrected chi connectivity index (χ2v) is 7.84. The van der Waals surface area contributed by atoms with Crippen molar-refractivity contribution in [3.63, 3.8) is 0 Å². The highest BCUT2D eigenvalue weighted by atomic mass is 32.2. The van der Waals surface area contributed by atoms with Gasteiger partial charge in [0.1, 0.15) is 0 Å². The summed E-state index contributed by atoms with van der Waals surface area (Å²) in [5, 5.41) is 8.69. The fourth-order valence-electron chi connectivity index (χ4n) is 3.30. The molecule has 2 amide bonds. The van der Waals surface area contributed by atoms with Gasteiger partial charge in [-0.1, -0.05) is 54.6 Å². The molecule has 0 saturated carbocycles. The normalized spacial score (nSPS) is 16.3. The molecule has 1 saturated heterocycles. The zero-order valence-corrected chi connectivity index (χ0v) is 16.1. The molecular weight excluding hydrogens is 386 g/mol. The highest BCUT2D eigenvalue weighted by molar-refractivity contribution is 8.00. The van der Waals surface area contributed by atoms with Crippen LogP contribution in [0.2, 0.25) is 0 Å². The Hall–Kier alpha value is -3.38. The zero-order chi connectivity index (χ0) is 20.4. The summed E-state index contributed by atoms with van der Waals surface area (Å²) in [6, 6.07) is 23.6. The number of aromatic carboxylic acids is 1. The summed E-state index contributed by atoms with van der Waals surface area (Å²) in [7, 11) is 0. The minimum absolute atomic E-state index is 0.0396. The van der Waals surface area contributed by atoms with Crippen LogP contribution in [0.25, 0.3) is 11.1 Å². The van der Waals surface area contributed by atoms with Crippen LogP contribution in [0.3, 0.4) is 0 Å². The topological polar surface area (TPSA) is 74.7 Å². The summed E-state index contributed by atoms with van der Waals surface area (Å²) in [5.41, 5.74) is 2.70. The first kappa shape index (κ1) is 19.0. The Morgan fingerprint density at radius 2 is 1.48 bits per heavy atom. The number of nitrogens with zero attached hydrogens (tertiary/aromatic N) is 1. The molecule has 1 N–H and O–H groups in total. The maximum atomic E-state index is 12.9. The van der Waals surface area contributed by atoms with E-state index in [1.54, 1.807) is 30.3 Å². The number of thioether (sulfide) groups is 1. The van der Waals surface area contributed by atoms with E-state index in [1.165, 1.54) is 11.0 Å². The van der Waals surface area contributed by atoms with Crippen LogP contribution in [-0.4, -0.2) is 28.1 Å². The minimum atomic E-state index is -1.06. The van der Waals surface area contributed by atoms with Crippen molar-refractivity contribution in [1.29, 1.82) is 0 Å². The third-order valence-electron chi connectivity index (χ3n) is 4.72. The van der Waals surface area contributed by atoms with E-state index >= 15 is 0 Å². The lowest BCUT2D eigenvalue weighted by molar-refractivity contribution is -0.121. The van der Waals surface area contributed by atoms with Gasteiger partial charge in [0, 0.05) is 11.3 Å². The van der Waals surface area contributed by atoms with Crippen molar-refractivity contribution in [2.24, 2.45) is 0 Å². The number of carbonyl (C=O) groups is 3. The lowest BCUT2D eigenvalue weighted by Gasteiger charge is -2.16. The summed E-state index contributed by atoms with van der Waals surface area (Å²) < 4.78 is 0. The molecule has 0 radical (unpaired) electrons. The number of anilines is 1. The molecule has 0 aliphatic carbocycles. The summed E-state index contributed by atoms with van der Waals surface area (Å²) in [6.07, 6.45) is 0.0396. The molecule has 6 heteroatoms. The number of amides is 2. The molecule has 1 heterocycles. The monoisotopic (exact) mass is 403 g/mol. The fraction of sp³-hybridized carbons (Fsp3) is 0.0870. The molecule has 0 spiro atoms. The lowest BCUT2D eigenvalue weighted by atomic mass is 10.1. The fourth-order valence-corrected chi connectivity index (χ4v) is 4.48. The van der Waals surface area contributed by atoms with Gasteiger partial charge in [-0.05, 0) is 35.4 Å². The number of hydrogen-bond acceptors (Lipinski definition) is 4. The first-order valence-electron chi connectivity index (χ1n) is 9.06. The molecule has 1 aliphatic rings. The van der Waals surface area contributed by atoms with Gasteiger partial charge in [-0.25, -0.2) is 9.69 Å². The predicted octanol–water partition coefficient (Wildman–Crippen LogP) is 4.48. The van der Waals surface area contributed by atoms with Gasteiger partial charge in [0.05, 0.1) is 16.5 Å². The summed E-state index contributed by atoms with van der Waals surface area (Å²) >= 11 is 1.12. The first-order chi connectivity index (χ1) is 14.0. The van der Waals surface area contributed by atoms with Crippen LogP contribution < -0.4 is 4.90 Å². The van der Waals surface area contributed by atoms with Crippen LogP contribution in [0.4, 0.5) is 5.69 Å². The Morgan fingerprint density at radius 3 is 2.17 bits per heavy atom. The number of carbonyl (C=O) groups excluding carboxylic acids is 2. The molecule has 3 aromatic rings. The molecule has 1 unspecified atom stereocenters. The predicted molar refractivity (Wildman–Crippen MR) is 112 cm³/mol. The third kappa shape index (κ3) is 3.79. The van der Waals surface area contributed by atoms with Crippen molar-refractivity contribution in [2.45, 2.75) is 16.6 Å². The first-order valence-corrected chi connectivity index (χ1v) is 9.94. The summed E-state index contributed by atoms with van der Waals surface area (Å²) in [6.45, 7) is 0. The maximum Gasteiger partial charge on any atom is 0.336 e. The van der Waals surface area contributed by atoms with Crippen molar-refractivity contribution in [1.82, 2.24) is 0 Å². The zero-order valence-electron chi connectivity index (χ0n) is 15.3. The van der Waals surface area contributed by atoms with Gasteiger partial charge >= 0.3 is 5.97 Å². The molecule has 144 valence electrons. The Balaban J connectivity index is 1.55. The lowest BCUT2D eigenvalue weighted by Crippen LogP contribution is -2.31. The average molecular weight is 403 g/mol. The molecule has 4 rings (SSSR count). The average Bonchev–Trinajstić information content (AvgIpc) is 3.02. The van der Waals surface area contributed by atoms with Crippen LogP contribution in [-0.2, 0) is 9.59 Å². The van der Waals surface area contributed by atoms with Crippen LogP contribution in [0.15, 0.2) is 83.8 Å². The molecule has 5 nitrogen and oxygen atoms in total. The molecule has 1 fully saturated rings. The number of carboxylic acids is 1. The number of imide groups is 1. The van der Waals surface area contributed by atoms with Gasteiger partial charge in [0.15, 0.2) is 0 Å². The molecule has 0 aromatic heterocycles. The molecule has 3 aromatic carbocycles. The van der Waals surface area contributed by atoms with E-state index in [4.69, 9.17) is 0 Å². The van der Waals surface area contributed by atoms with Crippen molar-refractivity contribution in [2.75, 3.05) is 4.90 Å². The van der Waals surface area contributed by atoms with Crippen molar-refractivity contribution < 1.29 is 19.5 Å². The number of hydrogen-bond donors (Lipinski definition) is 1. The van der Waals surface area contributed by atoms with Crippen LogP contribution in [0, 0.1) is 0 Å². The van der Waals surface area contributed by atoms with Crippen molar-refractivity contribution in [3.8, 4) is 11.1 Å². The quantitative estimate of drug-likeness (QED) is 0.636. The summed E-state index contributed by atoms with van der Waals surface area (Å²) in [5.74, 6) is -1.67. The molecule has 0 bridgehead atoms. The van der Waals surface area contributed by atoms with Gasteiger partial charge in [0.2, 0.25) is 11.8 Å². The Labute approximate surface area is 172 Å². The molecule has 29 heavy (non-hydrogen) atoms. The highest BCUT2D eigenvalue weighted by Crippen LogP contribution is 2.36. The van der Waals surface area contributed by atoms with Gasteiger partial charge in [0.25, 0.3) is 0 Å². The number of carboxylic acid groups (broad SMARTS) is 1. The van der Waals surface area contributed by atoms with E-state index in [9.17, 15) is 19.5 Å². The standard InChI is InChI=1S/C23H17NO4S/c25-21-14-20(29-19-9-5-4-8-18(19)23(27)28)22(26)24(21)17-12-10-16(11-13-17)15-6-2-1-3-7-15/h1-13,20H,14H2,(H,27,28). The minimum Gasteiger partial charge on any atom is -0.478 e. The van der Waals surface area contributed by atoms with Crippen LogP contribution >= 0.6 is 11.8 Å². The maximum absolute atomic E-state index is 12.9. The van der Waals surface area contributed by atoms with E-state index in [-0.39, 0.29) is 23.8 Å². The van der Waals surface area contributed by atoms with Gasteiger partial charge in [-0.15, -0.1) is 11.8 Å². The SMILES string of the molecule is O=C(O)c1ccccc1SC1CC(=O)N(c2ccc(-c3ccccc3)cc2)C1=O. The van der Waals surface area contributed by atoms with Crippen LogP contribution in [0.5, 0.6) is 0 Å². The molecular formula is C23H17NO4S. The van der Waals surface area contributed by atoms with Crippen molar-refractivity contribution in [3.05, 3.63) is 84.4 Å². The largest absolute Gasteiger partial charge is 0.478 e. The Morgan fingerprint density at radius 1 is 0.862 bits per heavy atom. The second kappa shape index (κ2) is 7.93. The van der Waals surface area contributed by atoms with Gasteiger partial charge in [-0.2, -0.15) is 0 Å². The van der Waals surface area contributed by atoms with E-state index in [0.717, 1.165) is 22.9 Å². The highest BCUT2D eigenvalue weighted by Gasteiger charge is 2.40. The van der Waals surface area contributed by atoms with E-state index in [0.29, 0.717) is 10.6 Å². The van der Waals surface area contributed by atoms with E-state index in [2.05, 4.69) is 0 Å². The molecule has 1 aliphatic heterocycles. The van der Waals surface area contributed by atoms with E-state index < -0.39 is 11.2 Å². The van der Waals surface area contributed by atoms with Crippen LogP contribution in [0.1, 0.15) is 16.8 Å². The van der Waals surface area contributed by atoms with E-state index in [1.807, 2.05) is 42.5 Å². The molecule has 1 atom stereocenters. The van der Waals surface area contributed by atoms with Gasteiger partial charge < -0.3 is 5.11 Å². The van der Waals surface area contributed by atoms with Gasteiger partial charge in [-0.3, -0.25) is 9.59 Å². The second-order valence-electron chi connectivity index (χ2n) is 6.59. The Kier molecular flexibility index (Phi) is 5.18. The summed E-state index contributed by atoms with van der Waals surface area (Å²) in [4.78, 5) is 38.5. The Bertz CT molecular complexity index is 1080. The van der Waals surface area contributed by atoms with Crippen molar-refractivity contribution >= 4 is 35.2 Å². The third-order valence-corrected chi connectivity index (χ3v) is 5.99. The number of rotatable bonds is 5. The number of benzene rings is 3. The smallest absolute Gasteiger partial charge is 0.336 e.